The Labute approximate surface area is 171 Å². The van der Waals surface area contributed by atoms with Gasteiger partial charge in [0.05, 0.1) is 10.8 Å². The maximum atomic E-state index is 12.7. The van der Waals surface area contributed by atoms with Gasteiger partial charge in [0, 0.05) is 18.1 Å². The molecule has 0 atom stereocenters. The molecule has 0 aromatic heterocycles. The molecule has 150 valence electrons. The van der Waals surface area contributed by atoms with Gasteiger partial charge in [-0.3, -0.25) is 4.79 Å². The van der Waals surface area contributed by atoms with E-state index in [1.807, 2.05) is 12.1 Å². The predicted octanol–water partition coefficient (Wildman–Crippen LogP) is 4.47. The average molecular weight is 422 g/mol. The molecule has 5 nitrogen and oxygen atoms in total. The Hall–Kier alpha value is -1.89. The lowest BCUT2D eigenvalue weighted by molar-refractivity contribution is -0.140. The van der Waals surface area contributed by atoms with E-state index >= 15 is 0 Å². The second-order valence-electron chi connectivity index (χ2n) is 7.28. The predicted molar refractivity (Wildman–Crippen MR) is 109 cm³/mol. The summed E-state index contributed by atoms with van der Waals surface area (Å²) in [6.07, 6.45) is 0.880. The van der Waals surface area contributed by atoms with Crippen molar-refractivity contribution in [1.29, 1.82) is 0 Å². The van der Waals surface area contributed by atoms with Crippen LogP contribution in [0.4, 0.5) is 0 Å². The number of nitrogens with zero attached hydrogens (tertiary/aromatic N) is 1. The average Bonchev–Trinajstić information content (AvgIpc) is 2.69. The lowest BCUT2D eigenvalue weighted by Crippen LogP contribution is -2.41. The SMILES string of the molecule is CC(C)c1ccc(OC(=O)C2CCN(S(=O)(=O)c3ccc(Cl)cc3)CC2)cc1. The van der Waals surface area contributed by atoms with Crippen LogP contribution in [-0.2, 0) is 14.8 Å². The number of ether oxygens (including phenoxy) is 1. The molecular formula is C21H24ClNO4S. The van der Waals surface area contributed by atoms with Gasteiger partial charge >= 0.3 is 5.97 Å². The number of sulfonamides is 1. The number of piperidine rings is 1. The van der Waals surface area contributed by atoms with Gasteiger partial charge in [0.15, 0.2) is 0 Å². The van der Waals surface area contributed by atoms with Crippen LogP contribution in [0, 0.1) is 5.92 Å². The van der Waals surface area contributed by atoms with E-state index in [1.54, 1.807) is 24.3 Å². The van der Waals surface area contributed by atoms with Gasteiger partial charge in [-0.05, 0) is 60.7 Å². The van der Waals surface area contributed by atoms with Crippen molar-refractivity contribution in [3.8, 4) is 5.75 Å². The van der Waals surface area contributed by atoms with Crippen molar-refractivity contribution in [3.63, 3.8) is 0 Å². The molecule has 0 saturated carbocycles. The van der Waals surface area contributed by atoms with Gasteiger partial charge < -0.3 is 4.74 Å². The van der Waals surface area contributed by atoms with Crippen molar-refractivity contribution in [2.75, 3.05) is 13.1 Å². The third kappa shape index (κ3) is 4.74. The van der Waals surface area contributed by atoms with Gasteiger partial charge in [-0.15, -0.1) is 0 Å². The summed E-state index contributed by atoms with van der Waals surface area (Å²) in [5.41, 5.74) is 1.18. The molecule has 2 aromatic rings. The molecule has 0 aliphatic carbocycles. The molecule has 1 aliphatic rings. The summed E-state index contributed by atoms with van der Waals surface area (Å²) >= 11 is 5.83. The third-order valence-corrected chi connectivity index (χ3v) is 7.17. The van der Waals surface area contributed by atoms with Crippen LogP contribution in [0.5, 0.6) is 5.75 Å². The zero-order chi connectivity index (χ0) is 20.3. The van der Waals surface area contributed by atoms with Crippen LogP contribution >= 0.6 is 11.6 Å². The summed E-state index contributed by atoms with van der Waals surface area (Å²) in [5, 5.41) is 0.488. The fourth-order valence-electron chi connectivity index (χ4n) is 3.21. The van der Waals surface area contributed by atoms with E-state index in [9.17, 15) is 13.2 Å². The van der Waals surface area contributed by atoms with E-state index in [0.29, 0.717) is 29.5 Å². The monoisotopic (exact) mass is 421 g/mol. The van der Waals surface area contributed by atoms with E-state index in [1.165, 1.54) is 22.0 Å². The maximum absolute atomic E-state index is 12.7. The molecular weight excluding hydrogens is 398 g/mol. The van der Waals surface area contributed by atoms with Gasteiger partial charge in [0.1, 0.15) is 5.75 Å². The Morgan fingerprint density at radius 3 is 2.14 bits per heavy atom. The van der Waals surface area contributed by atoms with Crippen molar-refractivity contribution >= 4 is 27.6 Å². The Balaban J connectivity index is 1.58. The van der Waals surface area contributed by atoms with Crippen LogP contribution in [0.1, 0.15) is 38.2 Å². The minimum Gasteiger partial charge on any atom is -0.426 e. The van der Waals surface area contributed by atoms with Gasteiger partial charge in [-0.1, -0.05) is 37.6 Å². The molecule has 3 rings (SSSR count). The highest BCUT2D eigenvalue weighted by molar-refractivity contribution is 7.89. The minimum absolute atomic E-state index is 0.211. The van der Waals surface area contributed by atoms with Crippen molar-refractivity contribution < 1.29 is 17.9 Å². The van der Waals surface area contributed by atoms with Crippen molar-refractivity contribution in [3.05, 3.63) is 59.1 Å². The van der Waals surface area contributed by atoms with Gasteiger partial charge in [0.25, 0.3) is 0 Å². The normalized spacial score (nSPS) is 16.3. The number of esters is 1. The molecule has 0 spiro atoms. The molecule has 1 aliphatic heterocycles. The quantitative estimate of drug-likeness (QED) is 0.527. The minimum atomic E-state index is -3.58. The fourth-order valence-corrected chi connectivity index (χ4v) is 4.80. The summed E-state index contributed by atoms with van der Waals surface area (Å²) < 4.78 is 32.3. The molecule has 1 heterocycles. The molecule has 0 amide bonds. The number of halogens is 1. The first-order valence-electron chi connectivity index (χ1n) is 9.35. The Bertz CT molecular complexity index is 916. The standard InChI is InChI=1S/C21H24ClNO4S/c1-15(2)16-3-7-19(8-4-16)27-21(24)17-11-13-23(14-12-17)28(25,26)20-9-5-18(22)6-10-20/h3-10,15,17H,11-14H2,1-2H3. The summed E-state index contributed by atoms with van der Waals surface area (Å²) in [4.78, 5) is 12.7. The Morgan fingerprint density at radius 1 is 1.04 bits per heavy atom. The summed E-state index contributed by atoms with van der Waals surface area (Å²) in [7, 11) is -3.58. The Kier molecular flexibility index (Phi) is 6.43. The molecule has 0 unspecified atom stereocenters. The molecule has 28 heavy (non-hydrogen) atoms. The maximum Gasteiger partial charge on any atom is 0.314 e. The van der Waals surface area contributed by atoms with Gasteiger partial charge in [-0.25, -0.2) is 8.42 Å². The van der Waals surface area contributed by atoms with Crippen LogP contribution in [-0.4, -0.2) is 31.8 Å². The molecule has 0 radical (unpaired) electrons. The lowest BCUT2D eigenvalue weighted by atomic mass is 9.98. The first kappa shape index (κ1) is 20.8. The molecule has 7 heteroatoms. The molecule has 2 aromatic carbocycles. The van der Waals surface area contributed by atoms with Crippen LogP contribution < -0.4 is 4.74 Å². The van der Waals surface area contributed by atoms with Crippen LogP contribution in [0.3, 0.4) is 0 Å². The molecule has 1 fully saturated rings. The fraction of sp³-hybridized carbons (Fsp3) is 0.381. The number of hydrogen-bond acceptors (Lipinski definition) is 4. The van der Waals surface area contributed by atoms with E-state index in [0.717, 1.165) is 0 Å². The van der Waals surface area contributed by atoms with E-state index < -0.39 is 10.0 Å². The number of carbonyl (C=O) groups is 1. The van der Waals surface area contributed by atoms with Crippen molar-refractivity contribution in [1.82, 2.24) is 4.31 Å². The lowest BCUT2D eigenvalue weighted by Gasteiger charge is -2.30. The first-order valence-corrected chi connectivity index (χ1v) is 11.2. The first-order chi connectivity index (χ1) is 13.3. The highest BCUT2D eigenvalue weighted by Crippen LogP contribution is 2.26. The van der Waals surface area contributed by atoms with Crippen LogP contribution in [0.2, 0.25) is 5.02 Å². The largest absolute Gasteiger partial charge is 0.426 e. The number of carbonyl (C=O) groups excluding carboxylic acids is 1. The highest BCUT2D eigenvalue weighted by atomic mass is 35.5. The topological polar surface area (TPSA) is 63.7 Å². The number of rotatable bonds is 5. The van der Waals surface area contributed by atoms with Crippen molar-refractivity contribution in [2.24, 2.45) is 5.92 Å². The number of benzene rings is 2. The zero-order valence-electron chi connectivity index (χ0n) is 16.0. The van der Waals surface area contributed by atoms with Gasteiger partial charge in [-0.2, -0.15) is 4.31 Å². The van der Waals surface area contributed by atoms with Crippen LogP contribution in [0.15, 0.2) is 53.4 Å². The zero-order valence-corrected chi connectivity index (χ0v) is 17.5. The van der Waals surface area contributed by atoms with Crippen LogP contribution in [0.25, 0.3) is 0 Å². The number of hydrogen-bond donors (Lipinski definition) is 0. The van der Waals surface area contributed by atoms with Gasteiger partial charge in [0.2, 0.25) is 10.0 Å². The highest BCUT2D eigenvalue weighted by Gasteiger charge is 2.33. The summed E-state index contributed by atoms with van der Waals surface area (Å²) in [5.74, 6) is 0.324. The summed E-state index contributed by atoms with van der Waals surface area (Å²) in [6.45, 7) is 4.79. The van der Waals surface area contributed by atoms with E-state index in [-0.39, 0.29) is 29.9 Å². The van der Waals surface area contributed by atoms with E-state index in [2.05, 4.69) is 13.8 Å². The third-order valence-electron chi connectivity index (χ3n) is 5.00. The molecule has 0 bridgehead atoms. The summed E-state index contributed by atoms with van der Waals surface area (Å²) in [6, 6.07) is 13.6. The Morgan fingerprint density at radius 2 is 1.61 bits per heavy atom. The molecule has 0 N–H and O–H groups in total. The second kappa shape index (κ2) is 8.64. The molecule has 1 saturated heterocycles. The van der Waals surface area contributed by atoms with Crippen molar-refractivity contribution in [2.45, 2.75) is 37.5 Å². The smallest absolute Gasteiger partial charge is 0.314 e. The second-order valence-corrected chi connectivity index (χ2v) is 9.65. The van der Waals surface area contributed by atoms with E-state index in [4.69, 9.17) is 16.3 Å².